The van der Waals surface area contributed by atoms with E-state index in [2.05, 4.69) is 10.6 Å². The minimum absolute atomic E-state index is 0.108. The van der Waals surface area contributed by atoms with E-state index in [0.29, 0.717) is 27.8 Å². The first-order chi connectivity index (χ1) is 9.61. The minimum Gasteiger partial charge on any atom is -0.323 e. The highest BCUT2D eigenvalue weighted by Crippen LogP contribution is 2.26. The van der Waals surface area contributed by atoms with Crippen molar-refractivity contribution in [2.75, 3.05) is 18.4 Å². The number of likely N-dealkylation sites (tertiary alicyclic amines) is 1. The Labute approximate surface area is 128 Å². The molecule has 0 saturated carbocycles. The third-order valence-corrected chi connectivity index (χ3v) is 4.55. The van der Waals surface area contributed by atoms with Crippen molar-refractivity contribution in [3.63, 3.8) is 0 Å². The summed E-state index contributed by atoms with van der Waals surface area (Å²) in [5.74, 6) is 0. The van der Waals surface area contributed by atoms with Crippen molar-refractivity contribution in [2.24, 2.45) is 0 Å². The van der Waals surface area contributed by atoms with Crippen LogP contribution in [0, 0.1) is 0 Å². The molecule has 108 valence electrons. The van der Waals surface area contributed by atoms with E-state index in [1.54, 1.807) is 18.2 Å². The maximum Gasteiger partial charge on any atom is 0.321 e. The van der Waals surface area contributed by atoms with Crippen LogP contribution in [-0.2, 0) is 0 Å². The second-order valence-corrected chi connectivity index (χ2v) is 6.27. The summed E-state index contributed by atoms with van der Waals surface area (Å²) in [5.41, 5.74) is 0.562. The second-order valence-electron chi connectivity index (χ2n) is 5.43. The smallest absolute Gasteiger partial charge is 0.321 e. The first kappa shape index (κ1) is 14.0. The molecule has 6 heteroatoms. The number of benzene rings is 1. The molecule has 0 aliphatic carbocycles. The molecule has 2 saturated heterocycles. The quantitative estimate of drug-likeness (QED) is 0.835. The van der Waals surface area contributed by atoms with Gasteiger partial charge < -0.3 is 15.5 Å². The van der Waals surface area contributed by atoms with Crippen molar-refractivity contribution in [3.8, 4) is 0 Å². The molecule has 2 heterocycles. The fourth-order valence-electron chi connectivity index (χ4n) is 2.92. The lowest BCUT2D eigenvalue weighted by atomic mass is 10.1. The summed E-state index contributed by atoms with van der Waals surface area (Å²) < 4.78 is 0. The van der Waals surface area contributed by atoms with E-state index in [1.165, 1.54) is 6.42 Å². The number of carbonyl (C=O) groups is 1. The minimum atomic E-state index is -0.108. The Kier molecular flexibility index (Phi) is 4.06. The molecule has 2 atom stereocenters. The summed E-state index contributed by atoms with van der Waals surface area (Å²) >= 11 is 12.0. The van der Waals surface area contributed by atoms with Crippen molar-refractivity contribution in [2.45, 2.75) is 31.3 Å². The van der Waals surface area contributed by atoms with Gasteiger partial charge in [-0.25, -0.2) is 4.79 Å². The number of rotatable bonds is 1. The SMILES string of the molecule is O=C(Nc1cc(Cl)ccc1Cl)N1CCC2CCC(C1)N2. The Morgan fingerprint density at radius 1 is 1.25 bits per heavy atom. The van der Waals surface area contributed by atoms with E-state index in [4.69, 9.17) is 23.2 Å². The molecule has 0 aromatic heterocycles. The molecule has 2 aliphatic heterocycles. The maximum atomic E-state index is 12.3. The molecule has 1 aromatic rings. The highest BCUT2D eigenvalue weighted by Gasteiger charge is 2.31. The van der Waals surface area contributed by atoms with Crippen molar-refractivity contribution in [1.29, 1.82) is 0 Å². The molecule has 3 rings (SSSR count). The van der Waals surface area contributed by atoms with Gasteiger partial charge in [-0.15, -0.1) is 0 Å². The van der Waals surface area contributed by atoms with E-state index in [1.807, 2.05) is 4.90 Å². The summed E-state index contributed by atoms with van der Waals surface area (Å²) in [5, 5.41) is 7.46. The van der Waals surface area contributed by atoms with Crippen LogP contribution < -0.4 is 10.6 Å². The van der Waals surface area contributed by atoms with Gasteiger partial charge in [-0.05, 0) is 37.5 Å². The molecule has 1 aromatic carbocycles. The van der Waals surface area contributed by atoms with Crippen molar-refractivity contribution < 1.29 is 4.79 Å². The van der Waals surface area contributed by atoms with Crippen molar-refractivity contribution in [3.05, 3.63) is 28.2 Å². The number of nitrogens with one attached hydrogen (secondary N) is 2. The molecule has 0 radical (unpaired) electrons. The van der Waals surface area contributed by atoms with Crippen LogP contribution in [0.1, 0.15) is 19.3 Å². The lowest BCUT2D eigenvalue weighted by Gasteiger charge is -2.24. The van der Waals surface area contributed by atoms with Crippen LogP contribution in [0.15, 0.2) is 18.2 Å². The van der Waals surface area contributed by atoms with Gasteiger partial charge >= 0.3 is 6.03 Å². The van der Waals surface area contributed by atoms with Crippen LogP contribution in [0.5, 0.6) is 0 Å². The van der Waals surface area contributed by atoms with E-state index in [9.17, 15) is 4.79 Å². The van der Waals surface area contributed by atoms with Crippen LogP contribution in [0.4, 0.5) is 10.5 Å². The summed E-state index contributed by atoms with van der Waals surface area (Å²) in [4.78, 5) is 14.2. The number of amides is 2. The molecule has 2 aliphatic rings. The number of urea groups is 1. The Bertz CT molecular complexity index is 523. The molecule has 2 N–H and O–H groups in total. The Balaban J connectivity index is 1.68. The molecule has 20 heavy (non-hydrogen) atoms. The number of nitrogens with zero attached hydrogens (tertiary/aromatic N) is 1. The first-order valence-corrected chi connectivity index (χ1v) is 7.64. The monoisotopic (exact) mass is 313 g/mol. The third-order valence-electron chi connectivity index (χ3n) is 3.98. The van der Waals surface area contributed by atoms with Gasteiger partial charge in [-0.2, -0.15) is 0 Å². The van der Waals surface area contributed by atoms with Gasteiger partial charge in [-0.3, -0.25) is 0 Å². The van der Waals surface area contributed by atoms with Crippen molar-refractivity contribution in [1.82, 2.24) is 10.2 Å². The normalized spacial score (nSPS) is 25.4. The van der Waals surface area contributed by atoms with Crippen LogP contribution in [0.3, 0.4) is 0 Å². The van der Waals surface area contributed by atoms with Crippen LogP contribution in [0.2, 0.25) is 10.0 Å². The molecular formula is C14H17Cl2N3O. The zero-order chi connectivity index (χ0) is 14.1. The molecule has 2 fully saturated rings. The number of hydrogen-bond acceptors (Lipinski definition) is 2. The van der Waals surface area contributed by atoms with Gasteiger partial charge in [0.1, 0.15) is 0 Å². The largest absolute Gasteiger partial charge is 0.323 e. The summed E-state index contributed by atoms with van der Waals surface area (Å²) in [6.07, 6.45) is 3.37. The van der Waals surface area contributed by atoms with E-state index < -0.39 is 0 Å². The standard InChI is InChI=1S/C14H17Cl2N3O/c15-9-1-4-12(16)13(7-9)18-14(20)19-6-5-10-2-3-11(8-19)17-10/h1,4,7,10-11,17H,2-3,5-6,8H2,(H,18,20). The molecule has 0 spiro atoms. The summed E-state index contributed by atoms with van der Waals surface area (Å²) in [6.45, 7) is 1.53. The fourth-order valence-corrected chi connectivity index (χ4v) is 3.25. The Hall–Kier alpha value is -0.970. The van der Waals surface area contributed by atoms with Crippen LogP contribution in [0.25, 0.3) is 0 Å². The van der Waals surface area contributed by atoms with E-state index in [0.717, 1.165) is 25.9 Å². The van der Waals surface area contributed by atoms with Crippen LogP contribution >= 0.6 is 23.2 Å². The molecule has 2 amide bonds. The molecule has 2 bridgehead atoms. The maximum absolute atomic E-state index is 12.3. The third kappa shape index (κ3) is 3.03. The number of halogens is 2. The topological polar surface area (TPSA) is 44.4 Å². The predicted molar refractivity (Wildman–Crippen MR) is 81.6 cm³/mol. The molecule has 4 nitrogen and oxygen atoms in total. The second kappa shape index (κ2) is 5.80. The highest BCUT2D eigenvalue weighted by molar-refractivity contribution is 6.35. The number of fused-ring (bicyclic) bond motifs is 2. The van der Waals surface area contributed by atoms with E-state index >= 15 is 0 Å². The van der Waals surface area contributed by atoms with E-state index in [-0.39, 0.29) is 6.03 Å². The average Bonchev–Trinajstić information content (AvgIpc) is 2.73. The summed E-state index contributed by atoms with van der Waals surface area (Å²) in [6, 6.07) is 5.93. The zero-order valence-corrected chi connectivity index (χ0v) is 12.5. The lowest BCUT2D eigenvalue weighted by molar-refractivity contribution is 0.208. The fraction of sp³-hybridized carbons (Fsp3) is 0.500. The predicted octanol–water partition coefficient (Wildman–Crippen LogP) is 3.35. The average molecular weight is 314 g/mol. The highest BCUT2D eigenvalue weighted by atomic mass is 35.5. The Morgan fingerprint density at radius 3 is 2.90 bits per heavy atom. The Morgan fingerprint density at radius 2 is 2.05 bits per heavy atom. The van der Waals surface area contributed by atoms with Gasteiger partial charge in [0, 0.05) is 30.2 Å². The molecular weight excluding hydrogens is 297 g/mol. The number of hydrogen-bond donors (Lipinski definition) is 2. The molecule has 2 unspecified atom stereocenters. The van der Waals surface area contributed by atoms with Gasteiger partial charge in [0.2, 0.25) is 0 Å². The zero-order valence-electron chi connectivity index (χ0n) is 11.0. The lowest BCUT2D eigenvalue weighted by Crippen LogP contribution is -2.41. The van der Waals surface area contributed by atoms with Gasteiger partial charge in [0.05, 0.1) is 10.7 Å². The first-order valence-electron chi connectivity index (χ1n) is 6.89. The van der Waals surface area contributed by atoms with Gasteiger partial charge in [0.15, 0.2) is 0 Å². The van der Waals surface area contributed by atoms with Gasteiger partial charge in [-0.1, -0.05) is 23.2 Å². The van der Waals surface area contributed by atoms with Crippen LogP contribution in [-0.4, -0.2) is 36.1 Å². The summed E-state index contributed by atoms with van der Waals surface area (Å²) in [7, 11) is 0. The van der Waals surface area contributed by atoms with Gasteiger partial charge in [0.25, 0.3) is 0 Å². The van der Waals surface area contributed by atoms with Crippen molar-refractivity contribution >= 4 is 34.9 Å². The number of anilines is 1. The number of carbonyl (C=O) groups excluding carboxylic acids is 1.